The number of hydrogen-bond acceptors (Lipinski definition) is 4. The normalized spacial score (nSPS) is 11.2. The van der Waals surface area contributed by atoms with E-state index in [0.717, 1.165) is 23.3 Å². The third-order valence-corrected chi connectivity index (χ3v) is 4.60. The van der Waals surface area contributed by atoms with Crippen molar-refractivity contribution in [1.29, 1.82) is 0 Å². The van der Waals surface area contributed by atoms with Gasteiger partial charge in [-0.25, -0.2) is 12.8 Å². The van der Waals surface area contributed by atoms with Gasteiger partial charge in [-0.1, -0.05) is 6.07 Å². The highest BCUT2D eigenvalue weighted by Crippen LogP contribution is 2.32. The standard InChI is InChI=1S/C16H18FNO4S/c1-10-5-11(2)7-12(6-10)18-23(19,20)16-9-15(22-4)14(21-3)8-13(16)17/h5-9,18H,1-4H3. The molecule has 0 saturated heterocycles. The van der Waals surface area contributed by atoms with E-state index in [1.807, 2.05) is 19.9 Å². The molecule has 5 nitrogen and oxygen atoms in total. The lowest BCUT2D eigenvalue weighted by Gasteiger charge is -2.13. The summed E-state index contributed by atoms with van der Waals surface area (Å²) < 4.78 is 51.5. The summed E-state index contributed by atoms with van der Waals surface area (Å²) in [7, 11) is -1.40. The number of anilines is 1. The summed E-state index contributed by atoms with van der Waals surface area (Å²) in [5.41, 5.74) is 2.17. The highest BCUT2D eigenvalue weighted by atomic mass is 32.2. The second kappa shape index (κ2) is 6.45. The maximum Gasteiger partial charge on any atom is 0.264 e. The van der Waals surface area contributed by atoms with Crippen LogP contribution in [0.1, 0.15) is 11.1 Å². The minimum absolute atomic E-state index is 0.121. The van der Waals surface area contributed by atoms with Crippen molar-refractivity contribution in [3.05, 3.63) is 47.3 Å². The van der Waals surface area contributed by atoms with Crippen molar-refractivity contribution in [2.45, 2.75) is 18.7 Å². The number of nitrogens with one attached hydrogen (secondary N) is 1. The largest absolute Gasteiger partial charge is 0.493 e. The molecular weight excluding hydrogens is 321 g/mol. The summed E-state index contributed by atoms with van der Waals surface area (Å²) in [5.74, 6) is -0.662. The van der Waals surface area contributed by atoms with Crippen LogP contribution in [0.4, 0.5) is 10.1 Å². The van der Waals surface area contributed by atoms with Crippen LogP contribution in [0.15, 0.2) is 35.2 Å². The van der Waals surface area contributed by atoms with Crippen LogP contribution in [0.5, 0.6) is 11.5 Å². The second-order valence-electron chi connectivity index (χ2n) is 5.12. The molecule has 0 atom stereocenters. The van der Waals surface area contributed by atoms with Crippen molar-refractivity contribution in [2.75, 3.05) is 18.9 Å². The highest BCUT2D eigenvalue weighted by molar-refractivity contribution is 7.92. The second-order valence-corrected chi connectivity index (χ2v) is 6.77. The zero-order valence-corrected chi connectivity index (χ0v) is 14.1. The molecule has 23 heavy (non-hydrogen) atoms. The van der Waals surface area contributed by atoms with Crippen LogP contribution < -0.4 is 14.2 Å². The molecule has 2 rings (SSSR count). The average molecular weight is 339 g/mol. The fourth-order valence-corrected chi connectivity index (χ4v) is 3.40. The first-order chi connectivity index (χ1) is 10.8. The fraction of sp³-hybridized carbons (Fsp3) is 0.250. The monoisotopic (exact) mass is 339 g/mol. The van der Waals surface area contributed by atoms with Gasteiger partial charge in [-0.05, 0) is 37.1 Å². The molecule has 0 fully saturated rings. The molecule has 0 amide bonds. The van der Waals surface area contributed by atoms with Gasteiger partial charge in [-0.3, -0.25) is 4.72 Å². The lowest BCUT2D eigenvalue weighted by Crippen LogP contribution is -2.15. The summed E-state index contributed by atoms with van der Waals surface area (Å²) in [6.07, 6.45) is 0. The first kappa shape index (κ1) is 17.1. The van der Waals surface area contributed by atoms with Crippen LogP contribution in [0, 0.1) is 19.7 Å². The van der Waals surface area contributed by atoms with Crippen LogP contribution >= 0.6 is 0 Å². The van der Waals surface area contributed by atoms with Gasteiger partial charge in [0.2, 0.25) is 0 Å². The van der Waals surface area contributed by atoms with E-state index < -0.39 is 20.7 Å². The molecule has 0 heterocycles. The van der Waals surface area contributed by atoms with E-state index in [9.17, 15) is 12.8 Å². The number of methoxy groups -OCH3 is 2. The number of sulfonamides is 1. The molecule has 0 aliphatic carbocycles. The average Bonchev–Trinajstić information content (AvgIpc) is 2.44. The molecule has 124 valence electrons. The van der Waals surface area contributed by atoms with Crippen molar-refractivity contribution in [1.82, 2.24) is 0 Å². The predicted octanol–water partition coefficient (Wildman–Crippen LogP) is 3.26. The fourth-order valence-electron chi connectivity index (χ4n) is 2.29. The van der Waals surface area contributed by atoms with E-state index in [1.54, 1.807) is 12.1 Å². The van der Waals surface area contributed by atoms with Crippen LogP contribution in [0.3, 0.4) is 0 Å². The van der Waals surface area contributed by atoms with E-state index in [-0.39, 0.29) is 11.5 Å². The zero-order valence-electron chi connectivity index (χ0n) is 13.3. The maximum atomic E-state index is 14.2. The van der Waals surface area contributed by atoms with E-state index in [0.29, 0.717) is 5.69 Å². The smallest absolute Gasteiger partial charge is 0.264 e. The third-order valence-electron chi connectivity index (χ3n) is 3.20. The Balaban J connectivity index is 2.47. The van der Waals surface area contributed by atoms with Crippen LogP contribution in [0.2, 0.25) is 0 Å². The molecule has 2 aromatic carbocycles. The van der Waals surface area contributed by atoms with Crippen LogP contribution in [-0.4, -0.2) is 22.6 Å². The van der Waals surface area contributed by atoms with Gasteiger partial charge in [0.05, 0.1) is 14.2 Å². The van der Waals surface area contributed by atoms with Crippen molar-refractivity contribution in [3.8, 4) is 11.5 Å². The molecule has 0 aliphatic heterocycles. The molecule has 0 unspecified atom stereocenters. The topological polar surface area (TPSA) is 64.6 Å². The third kappa shape index (κ3) is 3.73. The zero-order chi connectivity index (χ0) is 17.2. The number of ether oxygens (including phenoxy) is 2. The molecule has 1 N–H and O–H groups in total. The maximum absolute atomic E-state index is 14.2. The molecular formula is C16H18FNO4S. The van der Waals surface area contributed by atoms with Gasteiger partial charge in [0.1, 0.15) is 10.7 Å². The summed E-state index contributed by atoms with van der Waals surface area (Å²) in [6.45, 7) is 3.70. The molecule has 0 aliphatic rings. The first-order valence-corrected chi connectivity index (χ1v) is 8.28. The number of halogens is 1. The Morgan fingerprint density at radius 1 is 0.913 bits per heavy atom. The Hall–Kier alpha value is -2.28. The van der Waals surface area contributed by atoms with Crippen molar-refractivity contribution < 1.29 is 22.3 Å². The summed E-state index contributed by atoms with van der Waals surface area (Å²) in [4.78, 5) is -0.505. The van der Waals surface area contributed by atoms with Crippen molar-refractivity contribution in [2.24, 2.45) is 0 Å². The quantitative estimate of drug-likeness (QED) is 0.908. The van der Waals surface area contributed by atoms with Gasteiger partial charge in [-0.2, -0.15) is 0 Å². The van der Waals surface area contributed by atoms with E-state index in [4.69, 9.17) is 9.47 Å². The van der Waals surface area contributed by atoms with Gasteiger partial charge < -0.3 is 9.47 Å². The minimum atomic E-state index is -4.10. The highest BCUT2D eigenvalue weighted by Gasteiger charge is 2.23. The molecule has 0 saturated carbocycles. The molecule has 7 heteroatoms. The van der Waals surface area contributed by atoms with Gasteiger partial charge in [0, 0.05) is 17.8 Å². The van der Waals surface area contributed by atoms with E-state index in [2.05, 4.69) is 4.72 Å². The Bertz CT molecular complexity index is 814. The van der Waals surface area contributed by atoms with Crippen LogP contribution in [0.25, 0.3) is 0 Å². The summed E-state index contributed by atoms with van der Waals surface area (Å²) in [5, 5.41) is 0. The van der Waals surface area contributed by atoms with Gasteiger partial charge in [-0.15, -0.1) is 0 Å². The number of rotatable bonds is 5. The number of hydrogen-bond donors (Lipinski definition) is 1. The molecule has 0 spiro atoms. The Labute approximate surface area is 135 Å². The SMILES string of the molecule is COc1cc(F)c(S(=O)(=O)Nc2cc(C)cc(C)c2)cc1OC. The number of benzene rings is 2. The van der Waals surface area contributed by atoms with Gasteiger partial charge in [0.15, 0.2) is 11.5 Å². The van der Waals surface area contributed by atoms with Crippen molar-refractivity contribution >= 4 is 15.7 Å². The van der Waals surface area contributed by atoms with E-state index >= 15 is 0 Å². The molecule has 0 radical (unpaired) electrons. The minimum Gasteiger partial charge on any atom is -0.493 e. The van der Waals surface area contributed by atoms with Gasteiger partial charge in [0.25, 0.3) is 10.0 Å². The lowest BCUT2D eigenvalue weighted by atomic mass is 10.1. The Morgan fingerprint density at radius 3 is 1.96 bits per heavy atom. The van der Waals surface area contributed by atoms with Gasteiger partial charge >= 0.3 is 0 Å². The van der Waals surface area contributed by atoms with E-state index in [1.165, 1.54) is 14.2 Å². The predicted molar refractivity (Wildman–Crippen MR) is 86.2 cm³/mol. The summed E-state index contributed by atoms with van der Waals surface area (Å²) in [6, 6.07) is 7.33. The first-order valence-electron chi connectivity index (χ1n) is 6.79. The lowest BCUT2D eigenvalue weighted by molar-refractivity contribution is 0.350. The molecule has 2 aromatic rings. The number of aryl methyl sites for hydroxylation is 2. The molecule has 0 bridgehead atoms. The van der Waals surface area contributed by atoms with Crippen LogP contribution in [-0.2, 0) is 10.0 Å². The van der Waals surface area contributed by atoms with Crippen molar-refractivity contribution in [3.63, 3.8) is 0 Å². The Morgan fingerprint density at radius 2 is 1.43 bits per heavy atom. The molecule has 0 aromatic heterocycles. The Kier molecular flexibility index (Phi) is 4.79. The summed E-state index contributed by atoms with van der Waals surface area (Å²) >= 11 is 0.